The number of hydrogen-bond acceptors (Lipinski definition) is 7. The highest BCUT2D eigenvalue weighted by atomic mass is 35.5. The highest BCUT2D eigenvalue weighted by Crippen LogP contribution is 2.29. The number of carbonyl (C=O) groups excluding carboxylic acids is 1. The molecule has 0 atom stereocenters. The summed E-state index contributed by atoms with van der Waals surface area (Å²) >= 11 is 5.98. The van der Waals surface area contributed by atoms with E-state index >= 15 is 0 Å². The molecule has 0 saturated heterocycles. The van der Waals surface area contributed by atoms with E-state index in [9.17, 15) is 18.3 Å². The van der Waals surface area contributed by atoms with Crippen LogP contribution in [-0.4, -0.2) is 57.3 Å². The fourth-order valence-corrected chi connectivity index (χ4v) is 3.88. The van der Waals surface area contributed by atoms with Gasteiger partial charge in [-0.15, -0.1) is 0 Å². The summed E-state index contributed by atoms with van der Waals surface area (Å²) in [5, 5.41) is 14.0. The number of sulfonamides is 1. The minimum absolute atomic E-state index is 0.0789. The summed E-state index contributed by atoms with van der Waals surface area (Å²) in [6.07, 6.45) is 1.23. The predicted molar refractivity (Wildman–Crippen MR) is 113 cm³/mol. The average Bonchev–Trinajstić information content (AvgIpc) is 2.70. The molecule has 0 aliphatic rings. The number of hydrazone groups is 1. The van der Waals surface area contributed by atoms with E-state index in [1.165, 1.54) is 38.6 Å². The first-order valence-electron chi connectivity index (χ1n) is 8.77. The summed E-state index contributed by atoms with van der Waals surface area (Å²) < 4.78 is 36.4. The normalized spacial score (nSPS) is 11.6. The second kappa shape index (κ2) is 10.3. The number of methoxy groups -OCH3 is 1. The minimum atomic E-state index is -3.95. The predicted octanol–water partition coefficient (Wildman–Crippen LogP) is 2.22. The van der Waals surface area contributed by atoms with Crippen LogP contribution >= 0.6 is 11.6 Å². The van der Waals surface area contributed by atoms with Crippen LogP contribution in [0.25, 0.3) is 0 Å². The molecule has 0 heterocycles. The number of benzene rings is 2. The van der Waals surface area contributed by atoms with E-state index in [4.69, 9.17) is 21.1 Å². The van der Waals surface area contributed by atoms with Crippen molar-refractivity contribution in [1.82, 2.24) is 9.73 Å². The molecular formula is C19H22ClN3O6S. The fourth-order valence-electron chi connectivity index (χ4n) is 2.40. The summed E-state index contributed by atoms with van der Waals surface area (Å²) in [4.78, 5) is 12.0. The van der Waals surface area contributed by atoms with Crippen LogP contribution in [0.4, 0.5) is 0 Å². The lowest BCUT2D eigenvalue weighted by atomic mass is 10.2. The van der Waals surface area contributed by atoms with Crippen LogP contribution in [0.1, 0.15) is 12.5 Å². The SMILES string of the molecule is CCOc1cccc(C=NNC(=O)CN(C)S(=O)(=O)c2ccc(OC)c(Cl)c2)c1O. The topological polar surface area (TPSA) is 118 Å². The molecule has 1 amide bonds. The molecule has 11 heteroatoms. The summed E-state index contributed by atoms with van der Waals surface area (Å²) in [5.41, 5.74) is 2.55. The van der Waals surface area contributed by atoms with Gasteiger partial charge in [0.15, 0.2) is 11.5 Å². The molecule has 0 spiro atoms. The number of ether oxygens (including phenoxy) is 2. The van der Waals surface area contributed by atoms with Gasteiger partial charge in [-0.2, -0.15) is 9.41 Å². The molecule has 0 unspecified atom stereocenters. The second-order valence-electron chi connectivity index (χ2n) is 5.98. The number of aromatic hydroxyl groups is 1. The largest absolute Gasteiger partial charge is 0.504 e. The third-order valence-electron chi connectivity index (χ3n) is 3.92. The van der Waals surface area contributed by atoms with Gasteiger partial charge in [-0.1, -0.05) is 17.7 Å². The molecule has 0 fully saturated rings. The van der Waals surface area contributed by atoms with Gasteiger partial charge >= 0.3 is 0 Å². The van der Waals surface area contributed by atoms with E-state index in [2.05, 4.69) is 10.5 Å². The van der Waals surface area contributed by atoms with Gasteiger partial charge in [0.05, 0.1) is 36.4 Å². The molecule has 0 bridgehead atoms. The number of nitrogens with zero attached hydrogens (tertiary/aromatic N) is 2. The molecule has 0 saturated carbocycles. The average molecular weight is 456 g/mol. The Morgan fingerprint density at radius 1 is 1.30 bits per heavy atom. The Kier molecular flexibility index (Phi) is 8.04. The van der Waals surface area contributed by atoms with Crippen molar-refractivity contribution in [3.05, 3.63) is 47.0 Å². The lowest BCUT2D eigenvalue weighted by molar-refractivity contribution is -0.121. The molecule has 0 aliphatic heterocycles. The molecule has 162 valence electrons. The van der Waals surface area contributed by atoms with Gasteiger partial charge in [-0.05, 0) is 37.3 Å². The third-order valence-corrected chi connectivity index (χ3v) is 6.02. The van der Waals surface area contributed by atoms with E-state index < -0.39 is 22.5 Å². The first-order chi connectivity index (χ1) is 14.2. The Morgan fingerprint density at radius 2 is 2.03 bits per heavy atom. The van der Waals surface area contributed by atoms with E-state index in [-0.39, 0.29) is 21.4 Å². The minimum Gasteiger partial charge on any atom is -0.504 e. The van der Waals surface area contributed by atoms with Crippen LogP contribution in [0.3, 0.4) is 0 Å². The highest BCUT2D eigenvalue weighted by Gasteiger charge is 2.24. The first-order valence-corrected chi connectivity index (χ1v) is 10.6. The van der Waals surface area contributed by atoms with Gasteiger partial charge in [0, 0.05) is 12.6 Å². The van der Waals surface area contributed by atoms with Crippen LogP contribution in [0.5, 0.6) is 17.2 Å². The summed E-state index contributed by atoms with van der Waals surface area (Å²) in [6.45, 7) is 1.68. The van der Waals surface area contributed by atoms with Crippen molar-refractivity contribution in [1.29, 1.82) is 0 Å². The number of phenols is 1. The summed E-state index contributed by atoms with van der Waals surface area (Å²) in [5.74, 6) is -0.162. The molecular weight excluding hydrogens is 434 g/mol. The molecule has 2 N–H and O–H groups in total. The van der Waals surface area contributed by atoms with Crippen LogP contribution in [0, 0.1) is 0 Å². The van der Waals surface area contributed by atoms with Crippen LogP contribution in [0.15, 0.2) is 46.4 Å². The standard InChI is InChI=1S/C19H22ClN3O6S/c1-4-29-17-7-5-6-13(19(17)25)11-21-22-18(24)12-23(2)30(26,27)14-8-9-16(28-3)15(20)10-14/h5-11,25H,4,12H2,1-3H3,(H,22,24). The Morgan fingerprint density at radius 3 is 2.67 bits per heavy atom. The number of nitrogens with one attached hydrogen (secondary N) is 1. The van der Waals surface area contributed by atoms with Crippen LogP contribution < -0.4 is 14.9 Å². The molecule has 2 rings (SSSR count). The Bertz CT molecular complexity index is 1040. The van der Waals surface area contributed by atoms with Crippen molar-refractivity contribution in [2.45, 2.75) is 11.8 Å². The van der Waals surface area contributed by atoms with Gasteiger partial charge in [-0.25, -0.2) is 13.8 Å². The van der Waals surface area contributed by atoms with Crippen molar-refractivity contribution in [3.63, 3.8) is 0 Å². The van der Waals surface area contributed by atoms with Crippen molar-refractivity contribution in [2.75, 3.05) is 27.3 Å². The van der Waals surface area contributed by atoms with Crippen LogP contribution in [0.2, 0.25) is 5.02 Å². The monoisotopic (exact) mass is 455 g/mol. The Hall–Kier alpha value is -2.82. The Labute approximate surface area is 179 Å². The summed E-state index contributed by atoms with van der Waals surface area (Å²) in [6, 6.07) is 8.85. The maximum Gasteiger partial charge on any atom is 0.255 e. The van der Waals surface area contributed by atoms with E-state index in [1.54, 1.807) is 25.1 Å². The van der Waals surface area contributed by atoms with Gasteiger partial charge < -0.3 is 14.6 Å². The second-order valence-corrected chi connectivity index (χ2v) is 8.43. The van der Waals surface area contributed by atoms with E-state index in [0.717, 1.165) is 4.31 Å². The van der Waals surface area contributed by atoms with Gasteiger partial charge in [0.1, 0.15) is 5.75 Å². The molecule has 2 aromatic carbocycles. The number of likely N-dealkylation sites (N-methyl/N-ethyl adjacent to an activating group) is 1. The van der Waals surface area contributed by atoms with Gasteiger partial charge in [0.25, 0.3) is 5.91 Å². The molecule has 30 heavy (non-hydrogen) atoms. The quantitative estimate of drug-likeness (QED) is 0.442. The van der Waals surface area contributed by atoms with Gasteiger partial charge in [-0.3, -0.25) is 4.79 Å². The number of hydrogen-bond donors (Lipinski definition) is 2. The molecule has 0 aliphatic carbocycles. The first kappa shape index (κ1) is 23.5. The zero-order chi connectivity index (χ0) is 22.3. The lowest BCUT2D eigenvalue weighted by Gasteiger charge is -2.16. The number of para-hydroxylation sites is 1. The molecule has 0 radical (unpaired) electrons. The Balaban J connectivity index is 2.03. The molecule has 9 nitrogen and oxygen atoms in total. The number of phenolic OH excluding ortho intramolecular Hbond substituents is 1. The zero-order valence-electron chi connectivity index (χ0n) is 16.6. The number of carbonyl (C=O) groups is 1. The zero-order valence-corrected chi connectivity index (χ0v) is 18.2. The summed E-state index contributed by atoms with van der Waals surface area (Å²) in [7, 11) is -1.28. The third kappa shape index (κ3) is 5.62. The fraction of sp³-hybridized carbons (Fsp3) is 0.263. The van der Waals surface area contributed by atoms with E-state index in [1.807, 2.05) is 0 Å². The maximum absolute atomic E-state index is 12.6. The number of amides is 1. The molecule has 2 aromatic rings. The smallest absolute Gasteiger partial charge is 0.255 e. The van der Waals surface area contributed by atoms with Crippen molar-refractivity contribution >= 4 is 33.7 Å². The highest BCUT2D eigenvalue weighted by molar-refractivity contribution is 7.89. The van der Waals surface area contributed by atoms with Crippen molar-refractivity contribution in [3.8, 4) is 17.2 Å². The van der Waals surface area contributed by atoms with Crippen molar-refractivity contribution < 1.29 is 27.8 Å². The number of halogens is 1. The van der Waals surface area contributed by atoms with Crippen LogP contribution in [-0.2, 0) is 14.8 Å². The van der Waals surface area contributed by atoms with E-state index in [0.29, 0.717) is 17.9 Å². The maximum atomic E-state index is 12.6. The van der Waals surface area contributed by atoms with Crippen molar-refractivity contribution in [2.24, 2.45) is 5.10 Å². The molecule has 0 aromatic heterocycles. The number of rotatable bonds is 9. The van der Waals surface area contributed by atoms with Gasteiger partial charge in [0.2, 0.25) is 10.0 Å². The lowest BCUT2D eigenvalue weighted by Crippen LogP contribution is -2.36.